The summed E-state index contributed by atoms with van der Waals surface area (Å²) in [7, 11) is 0. The van der Waals surface area contributed by atoms with E-state index in [-0.39, 0.29) is 0 Å². The van der Waals surface area contributed by atoms with Gasteiger partial charge in [-0.15, -0.1) is 0 Å². The van der Waals surface area contributed by atoms with E-state index in [2.05, 4.69) is 0 Å². The molecule has 82 valence electrons. The average molecular weight is 204 g/mol. The summed E-state index contributed by atoms with van der Waals surface area (Å²) in [6.07, 6.45) is -0.625. The fourth-order valence-electron chi connectivity index (χ4n) is 2.84. The fourth-order valence-corrected chi connectivity index (χ4v) is 2.84. The molecule has 0 spiro atoms. The molecule has 0 aromatic rings. The topological polar surface area (TPSA) is 90.2 Å². The zero-order valence-electron chi connectivity index (χ0n) is 8.48. The van der Waals surface area contributed by atoms with Crippen LogP contribution < -0.4 is 0 Å². The van der Waals surface area contributed by atoms with E-state index in [4.69, 9.17) is 9.84 Å². The van der Waals surface area contributed by atoms with Crippen LogP contribution in [-0.4, -0.2) is 55.5 Å². The maximum absolute atomic E-state index is 10.2. The molecule has 2 aliphatic rings. The van der Waals surface area contributed by atoms with E-state index in [9.17, 15) is 15.3 Å². The van der Waals surface area contributed by atoms with Crippen molar-refractivity contribution in [1.82, 2.24) is 0 Å². The van der Waals surface area contributed by atoms with Gasteiger partial charge in [0.15, 0.2) is 11.2 Å². The first-order valence-electron chi connectivity index (χ1n) is 4.65. The predicted octanol–water partition coefficient (Wildman–Crippen LogP) is -1.62. The Balaban J connectivity index is 2.50. The molecule has 5 heteroatoms. The lowest BCUT2D eigenvalue weighted by Gasteiger charge is -2.31. The van der Waals surface area contributed by atoms with Crippen LogP contribution in [0.4, 0.5) is 0 Å². The van der Waals surface area contributed by atoms with Crippen molar-refractivity contribution < 1.29 is 25.2 Å². The third-order valence-corrected chi connectivity index (χ3v) is 4.14. The van der Waals surface area contributed by atoms with E-state index in [1.165, 1.54) is 13.8 Å². The first-order chi connectivity index (χ1) is 6.19. The highest BCUT2D eigenvalue weighted by Gasteiger charge is 2.96. The molecule has 1 aliphatic heterocycles. The minimum Gasteiger partial charge on any atom is -0.393 e. The van der Waals surface area contributed by atoms with Crippen molar-refractivity contribution in [2.45, 2.75) is 49.3 Å². The van der Waals surface area contributed by atoms with E-state index in [1.807, 2.05) is 0 Å². The van der Waals surface area contributed by atoms with Gasteiger partial charge in [0.25, 0.3) is 0 Å². The Morgan fingerprint density at radius 2 is 1.71 bits per heavy atom. The standard InChI is InChI=1S/C9H16O5/c1-5-6(2,11)9(13)7(3,12)8(9,4-10)14-5/h5,10-13H,4H2,1-3H3/t5-,6?,7-,8?,9?/m0/s1. The summed E-state index contributed by atoms with van der Waals surface area (Å²) in [5, 5.41) is 39.2. The van der Waals surface area contributed by atoms with Crippen LogP contribution in [0.1, 0.15) is 20.8 Å². The smallest absolute Gasteiger partial charge is 0.161 e. The van der Waals surface area contributed by atoms with Gasteiger partial charge in [-0.1, -0.05) is 0 Å². The van der Waals surface area contributed by atoms with E-state index < -0.39 is 35.1 Å². The van der Waals surface area contributed by atoms with Crippen LogP contribution in [0.2, 0.25) is 0 Å². The van der Waals surface area contributed by atoms with Crippen molar-refractivity contribution in [1.29, 1.82) is 0 Å². The number of hydrogen-bond acceptors (Lipinski definition) is 5. The molecular formula is C9H16O5. The molecular weight excluding hydrogens is 188 g/mol. The number of aliphatic hydroxyl groups is 4. The summed E-state index contributed by atoms with van der Waals surface area (Å²) < 4.78 is 5.31. The second kappa shape index (κ2) is 2.15. The van der Waals surface area contributed by atoms with Crippen molar-refractivity contribution in [3.63, 3.8) is 0 Å². The van der Waals surface area contributed by atoms with Gasteiger partial charge in [0.2, 0.25) is 0 Å². The van der Waals surface area contributed by atoms with Gasteiger partial charge in [-0.05, 0) is 20.8 Å². The maximum atomic E-state index is 10.2. The Morgan fingerprint density at radius 1 is 1.21 bits per heavy atom. The minimum absolute atomic E-state index is 0.517. The number of fused-ring (bicyclic) bond motifs is 1. The van der Waals surface area contributed by atoms with Gasteiger partial charge in [0, 0.05) is 0 Å². The number of hydrogen-bond donors (Lipinski definition) is 4. The maximum Gasteiger partial charge on any atom is 0.161 e. The van der Waals surface area contributed by atoms with Crippen LogP contribution in [0, 0.1) is 0 Å². The Hall–Kier alpha value is -0.200. The van der Waals surface area contributed by atoms with Crippen molar-refractivity contribution in [2.75, 3.05) is 6.61 Å². The van der Waals surface area contributed by atoms with Gasteiger partial charge >= 0.3 is 0 Å². The molecule has 3 unspecified atom stereocenters. The molecule has 0 aromatic heterocycles. The lowest BCUT2D eigenvalue weighted by Crippen LogP contribution is -2.52. The number of rotatable bonds is 1. The highest BCUT2D eigenvalue weighted by molar-refractivity contribution is 5.46. The van der Waals surface area contributed by atoms with Crippen molar-refractivity contribution >= 4 is 0 Å². The van der Waals surface area contributed by atoms with Crippen molar-refractivity contribution in [3.05, 3.63) is 0 Å². The van der Waals surface area contributed by atoms with Gasteiger partial charge in [-0.2, -0.15) is 0 Å². The Labute approximate surface area is 81.9 Å². The molecule has 1 saturated heterocycles. The number of ether oxygens (including phenoxy) is 1. The molecule has 1 heterocycles. The summed E-state index contributed by atoms with van der Waals surface area (Å²) in [5.41, 5.74) is -6.39. The van der Waals surface area contributed by atoms with Gasteiger partial charge in [0.05, 0.1) is 12.7 Å². The van der Waals surface area contributed by atoms with E-state index in [0.29, 0.717) is 0 Å². The molecule has 5 nitrogen and oxygen atoms in total. The highest BCUT2D eigenvalue weighted by atomic mass is 16.6. The monoisotopic (exact) mass is 204 g/mol. The molecule has 0 radical (unpaired) electrons. The van der Waals surface area contributed by atoms with Gasteiger partial charge in [0.1, 0.15) is 11.2 Å². The van der Waals surface area contributed by atoms with Crippen LogP contribution in [-0.2, 0) is 4.74 Å². The molecule has 2 fully saturated rings. The lowest BCUT2D eigenvalue weighted by molar-refractivity contribution is -0.159. The zero-order chi connectivity index (χ0) is 11.0. The predicted molar refractivity (Wildman–Crippen MR) is 46.6 cm³/mol. The second-order valence-electron chi connectivity index (χ2n) is 4.68. The molecule has 0 amide bonds. The normalized spacial score (nSPS) is 66.6. The molecule has 4 N–H and O–H groups in total. The van der Waals surface area contributed by atoms with E-state index >= 15 is 0 Å². The summed E-state index contributed by atoms with van der Waals surface area (Å²) in [5.74, 6) is 0. The summed E-state index contributed by atoms with van der Waals surface area (Å²) in [4.78, 5) is 0. The number of aliphatic hydroxyl groups excluding tert-OH is 1. The Kier molecular flexibility index (Phi) is 1.58. The highest BCUT2D eigenvalue weighted by Crippen LogP contribution is 2.70. The molecule has 5 atom stereocenters. The minimum atomic E-state index is -1.79. The summed E-state index contributed by atoms with van der Waals surface area (Å²) in [6, 6.07) is 0. The van der Waals surface area contributed by atoms with Crippen LogP contribution >= 0.6 is 0 Å². The third kappa shape index (κ3) is 0.602. The van der Waals surface area contributed by atoms with E-state index in [0.717, 1.165) is 0 Å². The van der Waals surface area contributed by atoms with Crippen molar-refractivity contribution in [3.8, 4) is 0 Å². The first kappa shape index (κ1) is 10.3. The fraction of sp³-hybridized carbons (Fsp3) is 1.00. The van der Waals surface area contributed by atoms with Crippen LogP contribution in [0.5, 0.6) is 0 Å². The van der Waals surface area contributed by atoms with Crippen LogP contribution in [0.3, 0.4) is 0 Å². The van der Waals surface area contributed by atoms with Crippen LogP contribution in [0.25, 0.3) is 0 Å². The molecule has 2 rings (SSSR count). The molecule has 14 heavy (non-hydrogen) atoms. The van der Waals surface area contributed by atoms with E-state index in [1.54, 1.807) is 6.92 Å². The van der Waals surface area contributed by atoms with Gasteiger partial charge in [-0.3, -0.25) is 0 Å². The SMILES string of the molecule is C[C@@H]1OC2(CO)C(O)(C1(C)O)[C@@]2(C)O. The largest absolute Gasteiger partial charge is 0.393 e. The molecule has 1 aliphatic carbocycles. The van der Waals surface area contributed by atoms with Crippen LogP contribution in [0.15, 0.2) is 0 Å². The second-order valence-corrected chi connectivity index (χ2v) is 4.68. The third-order valence-electron chi connectivity index (χ3n) is 4.14. The average Bonchev–Trinajstić information content (AvgIpc) is 2.38. The molecule has 1 saturated carbocycles. The summed E-state index contributed by atoms with van der Waals surface area (Å²) >= 11 is 0. The quantitative estimate of drug-likeness (QED) is 0.412. The molecule has 0 aromatic carbocycles. The zero-order valence-corrected chi connectivity index (χ0v) is 8.48. The lowest BCUT2D eigenvalue weighted by atomic mass is 9.89. The Morgan fingerprint density at radius 3 is 2.00 bits per heavy atom. The molecule has 0 bridgehead atoms. The Bertz CT molecular complexity index is 287. The van der Waals surface area contributed by atoms with Gasteiger partial charge < -0.3 is 25.2 Å². The van der Waals surface area contributed by atoms with Crippen molar-refractivity contribution in [2.24, 2.45) is 0 Å². The first-order valence-corrected chi connectivity index (χ1v) is 4.65. The summed E-state index contributed by atoms with van der Waals surface area (Å²) in [6.45, 7) is 3.83. The van der Waals surface area contributed by atoms with Gasteiger partial charge in [-0.25, -0.2) is 0 Å².